The fourth-order valence-corrected chi connectivity index (χ4v) is 4.44. The molecule has 2 amide bonds. The van der Waals surface area contributed by atoms with Crippen LogP contribution in [0.15, 0.2) is 85.3 Å². The molecule has 1 aromatic heterocycles. The summed E-state index contributed by atoms with van der Waals surface area (Å²) >= 11 is 6.19. The Hall–Kier alpha value is -4.50. The Morgan fingerprint density at radius 3 is 2.46 bits per heavy atom. The highest BCUT2D eigenvalue weighted by Gasteiger charge is 2.24. The predicted octanol–water partition coefficient (Wildman–Crippen LogP) is 5.85. The first-order valence-electron chi connectivity index (χ1n) is 13.1. The number of alkyl carbamates (subject to hydrolysis) is 1. The van der Waals surface area contributed by atoms with Crippen molar-refractivity contribution in [2.75, 3.05) is 0 Å². The summed E-state index contributed by atoms with van der Waals surface area (Å²) in [5.41, 5.74) is 1.89. The van der Waals surface area contributed by atoms with E-state index in [0.29, 0.717) is 22.8 Å². The van der Waals surface area contributed by atoms with Gasteiger partial charge in [0.05, 0.1) is 36.0 Å². The minimum atomic E-state index is -0.830. The number of imidazole rings is 1. The molecule has 0 bridgehead atoms. The average molecular weight is 577 g/mol. The first-order chi connectivity index (χ1) is 19.7. The Morgan fingerprint density at radius 2 is 1.73 bits per heavy atom. The van der Waals surface area contributed by atoms with Gasteiger partial charge in [-0.2, -0.15) is 0 Å². The van der Waals surface area contributed by atoms with Crippen LogP contribution in [0.25, 0.3) is 5.69 Å². The van der Waals surface area contributed by atoms with Crippen LogP contribution in [0.1, 0.15) is 47.4 Å². The van der Waals surface area contributed by atoms with Gasteiger partial charge in [0.2, 0.25) is 5.91 Å². The predicted molar refractivity (Wildman–Crippen MR) is 153 cm³/mol. The van der Waals surface area contributed by atoms with Crippen LogP contribution in [-0.4, -0.2) is 33.4 Å². The van der Waals surface area contributed by atoms with E-state index in [9.17, 15) is 18.8 Å². The van der Waals surface area contributed by atoms with Gasteiger partial charge in [0.25, 0.3) is 0 Å². The molecule has 0 unspecified atom stereocenters. The highest BCUT2D eigenvalue weighted by Crippen LogP contribution is 2.25. The zero-order valence-corrected chi connectivity index (χ0v) is 23.4. The number of nitrogens with zero attached hydrogens (tertiary/aromatic N) is 2. The minimum absolute atomic E-state index is 0.0458. The summed E-state index contributed by atoms with van der Waals surface area (Å²) < 4.78 is 21.3. The quantitative estimate of drug-likeness (QED) is 0.218. The number of carbonyl (C=O) groups excluding carboxylic acids is 3. The number of carbonyl (C=O) groups is 3. The molecule has 10 heteroatoms. The highest BCUT2D eigenvalue weighted by molar-refractivity contribution is 6.31. The molecule has 8 nitrogen and oxygen atoms in total. The molecule has 0 aliphatic carbocycles. The number of amides is 2. The average Bonchev–Trinajstić information content (AvgIpc) is 3.43. The summed E-state index contributed by atoms with van der Waals surface area (Å²) in [7, 11) is 0. The first kappa shape index (κ1) is 29.5. The lowest BCUT2D eigenvalue weighted by molar-refractivity contribution is -0.123. The monoisotopic (exact) mass is 576 g/mol. The molecule has 4 rings (SSSR count). The number of benzene rings is 3. The van der Waals surface area contributed by atoms with E-state index in [1.807, 2.05) is 44.2 Å². The van der Waals surface area contributed by atoms with Crippen LogP contribution in [0.5, 0.6) is 0 Å². The molecule has 3 aromatic carbocycles. The Balaban J connectivity index is 1.48. The van der Waals surface area contributed by atoms with Crippen LogP contribution >= 0.6 is 11.6 Å². The molecule has 1 atom stereocenters. The normalized spacial score (nSPS) is 11.6. The molecule has 0 aliphatic heterocycles. The van der Waals surface area contributed by atoms with Crippen LogP contribution in [0, 0.1) is 11.7 Å². The van der Waals surface area contributed by atoms with Gasteiger partial charge in [0.1, 0.15) is 18.5 Å². The molecule has 41 heavy (non-hydrogen) atoms. The number of hydrogen-bond donors (Lipinski definition) is 2. The number of ketones is 1. The van der Waals surface area contributed by atoms with E-state index in [1.165, 1.54) is 30.6 Å². The maximum absolute atomic E-state index is 14.4. The molecular formula is C31H30ClFN4O4. The maximum atomic E-state index is 14.4. The van der Waals surface area contributed by atoms with E-state index in [2.05, 4.69) is 15.6 Å². The lowest BCUT2D eigenvalue weighted by Gasteiger charge is -2.20. The lowest BCUT2D eigenvalue weighted by atomic mass is 10.0. The second-order valence-electron chi connectivity index (χ2n) is 9.83. The third-order valence-corrected chi connectivity index (χ3v) is 6.50. The van der Waals surface area contributed by atoms with E-state index in [4.69, 9.17) is 16.3 Å². The van der Waals surface area contributed by atoms with Crippen molar-refractivity contribution in [1.82, 2.24) is 20.2 Å². The van der Waals surface area contributed by atoms with Crippen LogP contribution in [0.2, 0.25) is 5.02 Å². The van der Waals surface area contributed by atoms with E-state index < -0.39 is 29.6 Å². The molecule has 0 fully saturated rings. The van der Waals surface area contributed by atoms with Crippen LogP contribution in [0.3, 0.4) is 0 Å². The van der Waals surface area contributed by atoms with E-state index in [-0.39, 0.29) is 30.2 Å². The topological polar surface area (TPSA) is 102 Å². The zero-order valence-electron chi connectivity index (χ0n) is 22.6. The standard InChI is InChI=1S/C31H30ClFN4O4/c1-20(2)14-27(36-31(40)41-18-21-8-4-3-5-9-21)30(39)35-17-23-16-34-19-37(23)28-13-12-22(32)15-25(28)29(38)24-10-6-7-11-26(24)33/h3-13,15-16,19-20,27H,14,17-18H2,1-2H3,(H,35,39)(H,36,40)/t27-/m0/s1. The molecule has 4 aromatic rings. The molecular weight excluding hydrogens is 547 g/mol. The SMILES string of the molecule is CC(C)C[C@H](NC(=O)OCc1ccccc1)C(=O)NCc1cncn1-c1ccc(Cl)cc1C(=O)c1ccccc1F. The van der Waals surface area contributed by atoms with Crippen molar-refractivity contribution < 1.29 is 23.5 Å². The van der Waals surface area contributed by atoms with Gasteiger partial charge in [0, 0.05) is 10.6 Å². The first-order valence-corrected chi connectivity index (χ1v) is 13.5. The number of ether oxygens (including phenoxy) is 1. The lowest BCUT2D eigenvalue weighted by Crippen LogP contribution is -2.47. The Morgan fingerprint density at radius 1 is 1.00 bits per heavy atom. The fraction of sp³-hybridized carbons (Fsp3) is 0.226. The maximum Gasteiger partial charge on any atom is 0.408 e. The molecule has 0 radical (unpaired) electrons. The van der Waals surface area contributed by atoms with E-state index in [1.54, 1.807) is 29.0 Å². The molecule has 212 valence electrons. The van der Waals surface area contributed by atoms with Crippen LogP contribution in [-0.2, 0) is 22.7 Å². The van der Waals surface area contributed by atoms with Crippen molar-refractivity contribution in [2.45, 2.75) is 39.5 Å². The summed E-state index contributed by atoms with van der Waals surface area (Å²) in [6.07, 6.45) is 2.74. The van der Waals surface area contributed by atoms with Crippen LogP contribution in [0.4, 0.5) is 9.18 Å². The number of rotatable bonds is 11. The van der Waals surface area contributed by atoms with Gasteiger partial charge in [0.15, 0.2) is 5.78 Å². The summed E-state index contributed by atoms with van der Waals surface area (Å²) in [5, 5.41) is 5.81. The summed E-state index contributed by atoms with van der Waals surface area (Å²) in [4.78, 5) is 43.1. The Kier molecular flexibility index (Phi) is 9.86. The third-order valence-electron chi connectivity index (χ3n) is 6.27. The molecule has 0 aliphatic rings. The van der Waals surface area contributed by atoms with E-state index >= 15 is 0 Å². The largest absolute Gasteiger partial charge is 0.445 e. The minimum Gasteiger partial charge on any atom is -0.445 e. The number of halogens is 2. The summed E-state index contributed by atoms with van der Waals surface area (Å²) in [6.45, 7) is 4.02. The highest BCUT2D eigenvalue weighted by atomic mass is 35.5. The second kappa shape index (κ2) is 13.7. The van der Waals surface area contributed by atoms with Gasteiger partial charge in [-0.1, -0.05) is 67.9 Å². The van der Waals surface area contributed by atoms with Crippen molar-refractivity contribution in [3.8, 4) is 5.69 Å². The molecule has 0 spiro atoms. The third kappa shape index (κ3) is 7.79. The van der Waals surface area contributed by atoms with Gasteiger partial charge in [-0.3, -0.25) is 9.59 Å². The van der Waals surface area contributed by atoms with E-state index in [0.717, 1.165) is 5.56 Å². The summed E-state index contributed by atoms with van der Waals surface area (Å²) in [6, 6.07) is 18.8. The van der Waals surface area contributed by atoms with Crippen molar-refractivity contribution in [1.29, 1.82) is 0 Å². The van der Waals surface area contributed by atoms with Gasteiger partial charge >= 0.3 is 6.09 Å². The van der Waals surface area contributed by atoms with Gasteiger partial charge in [-0.15, -0.1) is 0 Å². The number of nitrogens with one attached hydrogen (secondary N) is 2. The smallest absolute Gasteiger partial charge is 0.408 e. The molecule has 2 N–H and O–H groups in total. The molecule has 1 heterocycles. The molecule has 0 saturated heterocycles. The van der Waals surface area contributed by atoms with Crippen molar-refractivity contribution >= 4 is 29.4 Å². The summed E-state index contributed by atoms with van der Waals surface area (Å²) in [5.74, 6) is -1.47. The second-order valence-corrected chi connectivity index (χ2v) is 10.3. The van der Waals surface area contributed by atoms with Crippen molar-refractivity contribution in [3.05, 3.63) is 119 Å². The Labute approximate surface area is 242 Å². The number of hydrogen-bond acceptors (Lipinski definition) is 5. The zero-order chi connectivity index (χ0) is 29.4. The fourth-order valence-electron chi connectivity index (χ4n) is 4.27. The van der Waals surface area contributed by atoms with Gasteiger partial charge in [-0.05, 0) is 48.2 Å². The van der Waals surface area contributed by atoms with Crippen molar-refractivity contribution in [2.24, 2.45) is 5.92 Å². The van der Waals surface area contributed by atoms with Gasteiger partial charge < -0.3 is 19.9 Å². The van der Waals surface area contributed by atoms with Crippen LogP contribution < -0.4 is 10.6 Å². The van der Waals surface area contributed by atoms with Gasteiger partial charge in [-0.25, -0.2) is 14.2 Å². The number of aromatic nitrogens is 2. The Bertz CT molecular complexity index is 1520. The molecule has 0 saturated carbocycles. The van der Waals surface area contributed by atoms with Crippen molar-refractivity contribution in [3.63, 3.8) is 0 Å².